The minimum absolute atomic E-state index is 0.141. The van der Waals surface area contributed by atoms with Crippen LogP contribution in [0.5, 0.6) is 0 Å². The van der Waals surface area contributed by atoms with Crippen LogP contribution >= 0.6 is 22.7 Å². The molecular formula is C20H23N3O2S2. The lowest BCUT2D eigenvalue weighted by Gasteiger charge is -2.26. The number of aryl methyl sites for hydroxylation is 1. The van der Waals surface area contributed by atoms with Gasteiger partial charge in [0.25, 0.3) is 0 Å². The maximum Gasteiger partial charge on any atom is 0.229 e. The second kappa shape index (κ2) is 7.96. The molecule has 0 atom stereocenters. The van der Waals surface area contributed by atoms with Crippen LogP contribution in [0.4, 0.5) is 0 Å². The minimum atomic E-state index is 0.141. The van der Waals surface area contributed by atoms with Crippen molar-refractivity contribution < 1.29 is 9.53 Å². The summed E-state index contributed by atoms with van der Waals surface area (Å²) < 4.78 is 7.65. The first kappa shape index (κ1) is 18.4. The number of thiazole rings is 1. The topological polar surface area (TPSA) is 47.4 Å². The van der Waals surface area contributed by atoms with E-state index in [1.54, 1.807) is 22.7 Å². The van der Waals surface area contributed by atoms with E-state index < -0.39 is 0 Å². The Bertz CT molecular complexity index is 921. The number of carbonyl (C=O) groups is 1. The van der Waals surface area contributed by atoms with Gasteiger partial charge < -0.3 is 14.2 Å². The lowest BCUT2D eigenvalue weighted by Crippen LogP contribution is -2.41. The zero-order valence-electron chi connectivity index (χ0n) is 15.6. The second-order valence-corrected chi connectivity index (χ2v) is 8.72. The van der Waals surface area contributed by atoms with Crippen LogP contribution in [0.1, 0.15) is 21.3 Å². The minimum Gasteiger partial charge on any atom is -0.378 e. The summed E-state index contributed by atoms with van der Waals surface area (Å²) in [6.45, 7) is 7.80. The SMILES string of the molecule is Cc1cc(-c2csc(CC(=O)N3CCOCC3)n2)c(C)n1Cc1cccs1. The number of morpholine rings is 1. The van der Waals surface area contributed by atoms with E-state index in [1.807, 2.05) is 4.90 Å². The van der Waals surface area contributed by atoms with E-state index in [1.165, 1.54) is 16.3 Å². The van der Waals surface area contributed by atoms with Gasteiger partial charge >= 0.3 is 0 Å². The summed E-state index contributed by atoms with van der Waals surface area (Å²) in [5, 5.41) is 5.06. The molecule has 4 rings (SSSR count). The standard InChI is InChI=1S/C20H23N3O2S2/c1-14-10-17(15(2)23(14)12-16-4-3-9-26-16)18-13-27-19(21-18)11-20(24)22-5-7-25-8-6-22/h3-4,9-10,13H,5-8,11-12H2,1-2H3. The normalized spacial score (nSPS) is 14.7. The molecule has 3 aromatic rings. The highest BCUT2D eigenvalue weighted by atomic mass is 32.1. The highest BCUT2D eigenvalue weighted by Gasteiger charge is 2.19. The van der Waals surface area contributed by atoms with Crippen LogP contribution in [-0.2, 0) is 22.5 Å². The Balaban J connectivity index is 1.50. The summed E-state index contributed by atoms with van der Waals surface area (Å²) >= 11 is 3.35. The highest BCUT2D eigenvalue weighted by molar-refractivity contribution is 7.10. The molecule has 1 aliphatic rings. The summed E-state index contributed by atoms with van der Waals surface area (Å²) in [7, 11) is 0. The molecule has 1 amide bonds. The molecule has 0 unspecified atom stereocenters. The number of thiophene rings is 1. The Morgan fingerprint density at radius 3 is 2.81 bits per heavy atom. The van der Waals surface area contributed by atoms with Crippen LogP contribution in [0.25, 0.3) is 11.3 Å². The Morgan fingerprint density at radius 1 is 1.26 bits per heavy atom. The first-order valence-corrected chi connectivity index (χ1v) is 10.9. The van der Waals surface area contributed by atoms with E-state index in [9.17, 15) is 4.79 Å². The predicted octanol–water partition coefficient (Wildman–Crippen LogP) is 3.74. The van der Waals surface area contributed by atoms with Gasteiger partial charge in [0, 0.05) is 40.3 Å². The molecule has 1 saturated heterocycles. The molecule has 0 saturated carbocycles. The summed E-state index contributed by atoms with van der Waals surface area (Å²) in [6.07, 6.45) is 0.374. The molecule has 142 valence electrons. The first-order valence-electron chi connectivity index (χ1n) is 9.11. The van der Waals surface area contributed by atoms with Crippen molar-refractivity contribution in [1.82, 2.24) is 14.5 Å². The van der Waals surface area contributed by atoms with Crippen molar-refractivity contribution in [3.63, 3.8) is 0 Å². The van der Waals surface area contributed by atoms with Crippen LogP contribution in [0, 0.1) is 13.8 Å². The van der Waals surface area contributed by atoms with Crippen LogP contribution in [-0.4, -0.2) is 46.7 Å². The van der Waals surface area contributed by atoms with E-state index in [0.29, 0.717) is 32.7 Å². The molecule has 0 N–H and O–H groups in total. The molecule has 5 nitrogen and oxygen atoms in total. The lowest BCUT2D eigenvalue weighted by atomic mass is 10.2. The van der Waals surface area contributed by atoms with Gasteiger partial charge in [-0.1, -0.05) is 6.07 Å². The summed E-state index contributed by atoms with van der Waals surface area (Å²) in [4.78, 5) is 20.4. The van der Waals surface area contributed by atoms with E-state index in [2.05, 4.69) is 47.4 Å². The number of amides is 1. The van der Waals surface area contributed by atoms with Crippen molar-refractivity contribution in [1.29, 1.82) is 0 Å². The zero-order chi connectivity index (χ0) is 18.8. The molecule has 7 heteroatoms. The fraction of sp³-hybridized carbons (Fsp3) is 0.400. The fourth-order valence-corrected chi connectivity index (χ4v) is 4.91. The van der Waals surface area contributed by atoms with Crippen molar-refractivity contribution >= 4 is 28.6 Å². The van der Waals surface area contributed by atoms with Gasteiger partial charge in [-0.15, -0.1) is 22.7 Å². The third kappa shape index (κ3) is 4.00. The average Bonchev–Trinajstić information content (AvgIpc) is 3.41. The third-order valence-electron chi connectivity index (χ3n) is 4.96. The van der Waals surface area contributed by atoms with E-state index in [-0.39, 0.29) is 5.91 Å². The zero-order valence-corrected chi connectivity index (χ0v) is 17.2. The number of rotatable bonds is 5. The molecule has 27 heavy (non-hydrogen) atoms. The first-order chi connectivity index (χ1) is 13.1. The van der Waals surface area contributed by atoms with Gasteiger partial charge in [-0.3, -0.25) is 4.79 Å². The van der Waals surface area contributed by atoms with Crippen LogP contribution < -0.4 is 0 Å². The van der Waals surface area contributed by atoms with Crippen molar-refractivity contribution in [2.24, 2.45) is 0 Å². The highest BCUT2D eigenvalue weighted by Crippen LogP contribution is 2.29. The molecular weight excluding hydrogens is 378 g/mol. The monoisotopic (exact) mass is 401 g/mol. The molecule has 4 heterocycles. The van der Waals surface area contributed by atoms with E-state index in [4.69, 9.17) is 9.72 Å². The number of carbonyl (C=O) groups excluding carboxylic acids is 1. The van der Waals surface area contributed by atoms with Crippen LogP contribution in [0.2, 0.25) is 0 Å². The lowest BCUT2D eigenvalue weighted by molar-refractivity contribution is -0.134. The number of hydrogen-bond donors (Lipinski definition) is 0. The van der Waals surface area contributed by atoms with Gasteiger partial charge in [0.2, 0.25) is 5.91 Å². The molecule has 1 fully saturated rings. The van der Waals surface area contributed by atoms with Gasteiger partial charge in [0.05, 0.1) is 31.9 Å². The average molecular weight is 402 g/mol. The Kier molecular flexibility index (Phi) is 5.43. The number of ether oxygens (including phenoxy) is 1. The summed E-state index contributed by atoms with van der Waals surface area (Å²) in [5.74, 6) is 0.141. The van der Waals surface area contributed by atoms with Crippen LogP contribution in [0.3, 0.4) is 0 Å². The Labute approximate surface area is 167 Å². The van der Waals surface area contributed by atoms with Crippen molar-refractivity contribution in [3.05, 3.63) is 50.2 Å². The quantitative estimate of drug-likeness (QED) is 0.654. The largest absolute Gasteiger partial charge is 0.378 e. The van der Waals surface area contributed by atoms with Gasteiger partial charge in [0.1, 0.15) is 5.01 Å². The van der Waals surface area contributed by atoms with Gasteiger partial charge in [-0.05, 0) is 31.4 Å². The van der Waals surface area contributed by atoms with Gasteiger partial charge in [-0.2, -0.15) is 0 Å². The number of aromatic nitrogens is 2. The van der Waals surface area contributed by atoms with Gasteiger partial charge in [-0.25, -0.2) is 4.98 Å². The molecule has 1 aliphatic heterocycles. The molecule has 0 spiro atoms. The van der Waals surface area contributed by atoms with Crippen molar-refractivity contribution in [2.45, 2.75) is 26.8 Å². The summed E-state index contributed by atoms with van der Waals surface area (Å²) in [5.41, 5.74) is 4.58. The van der Waals surface area contributed by atoms with E-state index >= 15 is 0 Å². The van der Waals surface area contributed by atoms with Crippen LogP contribution in [0.15, 0.2) is 29.0 Å². The maximum atomic E-state index is 12.5. The fourth-order valence-electron chi connectivity index (χ4n) is 3.43. The maximum absolute atomic E-state index is 12.5. The molecule has 0 bridgehead atoms. The second-order valence-electron chi connectivity index (χ2n) is 6.75. The molecule has 0 aliphatic carbocycles. The third-order valence-corrected chi connectivity index (χ3v) is 6.67. The number of hydrogen-bond acceptors (Lipinski definition) is 5. The predicted molar refractivity (Wildman–Crippen MR) is 110 cm³/mol. The van der Waals surface area contributed by atoms with E-state index in [0.717, 1.165) is 22.8 Å². The smallest absolute Gasteiger partial charge is 0.229 e. The molecule has 3 aromatic heterocycles. The Hall–Kier alpha value is -1.96. The van der Waals surface area contributed by atoms with Crippen molar-refractivity contribution in [2.75, 3.05) is 26.3 Å². The van der Waals surface area contributed by atoms with Gasteiger partial charge in [0.15, 0.2) is 0 Å². The Morgan fingerprint density at radius 2 is 2.07 bits per heavy atom. The summed E-state index contributed by atoms with van der Waals surface area (Å²) in [6, 6.07) is 6.46. The molecule has 0 aromatic carbocycles. The van der Waals surface area contributed by atoms with Crippen molar-refractivity contribution in [3.8, 4) is 11.3 Å². The number of nitrogens with zero attached hydrogens (tertiary/aromatic N) is 3. The molecule has 0 radical (unpaired) electrons.